The van der Waals surface area contributed by atoms with Crippen molar-refractivity contribution in [2.24, 2.45) is 0 Å². The molecular weight excluding hydrogens is 586 g/mol. The first-order valence-electron chi connectivity index (χ1n) is 7.21. The minimum absolute atomic E-state index is 0.00237. The van der Waals surface area contributed by atoms with E-state index in [4.69, 9.17) is 14.0 Å². The molecule has 0 atom stereocenters. The number of carboxylic acid groups (broad SMARTS) is 1. The highest BCUT2D eigenvalue weighted by Gasteiger charge is 2.16. The number of carbonyl (C=O) groups is 1. The lowest BCUT2D eigenvalue weighted by atomic mass is 10.2. The Labute approximate surface area is 178 Å². The van der Waals surface area contributed by atoms with Crippen LogP contribution < -0.4 is 4.74 Å². The van der Waals surface area contributed by atoms with E-state index in [1.54, 1.807) is 18.2 Å². The predicted molar refractivity (Wildman–Crippen MR) is 114 cm³/mol. The van der Waals surface area contributed by atoms with Gasteiger partial charge in [0.2, 0.25) is 0 Å². The molecule has 2 rings (SSSR count). The molecule has 0 aliphatic heterocycles. The van der Waals surface area contributed by atoms with E-state index >= 15 is 0 Å². The second-order valence-electron chi connectivity index (χ2n) is 4.97. The minimum atomic E-state index is -3.87. The number of carboxylic acids is 1. The van der Waals surface area contributed by atoms with Gasteiger partial charge in [0.15, 0.2) is 0 Å². The van der Waals surface area contributed by atoms with Crippen molar-refractivity contribution in [3.8, 4) is 5.75 Å². The van der Waals surface area contributed by atoms with Crippen molar-refractivity contribution in [2.45, 2.75) is 4.90 Å². The molecular formula is C17H14I2O6S. The molecule has 0 saturated heterocycles. The van der Waals surface area contributed by atoms with E-state index in [1.807, 2.05) is 45.2 Å². The van der Waals surface area contributed by atoms with Gasteiger partial charge in [-0.05, 0) is 75.0 Å². The van der Waals surface area contributed by atoms with Gasteiger partial charge in [-0.3, -0.25) is 4.18 Å². The lowest BCUT2D eigenvalue weighted by Gasteiger charge is -2.12. The summed E-state index contributed by atoms with van der Waals surface area (Å²) in [6.07, 6.45) is 1.62. The number of rotatable bonds is 8. The maximum absolute atomic E-state index is 12.1. The third kappa shape index (κ3) is 5.41. The Balaban J connectivity index is 1.97. The van der Waals surface area contributed by atoms with E-state index < -0.39 is 16.1 Å². The molecule has 1 N–H and O–H groups in total. The second kappa shape index (κ2) is 9.15. The first kappa shape index (κ1) is 21.1. The average Bonchev–Trinajstić information content (AvgIpc) is 2.60. The molecule has 0 aromatic heterocycles. The standard InChI is InChI=1S/C17H14I2O6S/c1-2-11-3-5-13(6-4-11)26(22,23)25-8-7-24-16-14(18)9-12(17(20)21)10-15(16)19/h2-6,9-10H,1,7-8H2,(H,20,21). The van der Waals surface area contributed by atoms with Crippen molar-refractivity contribution >= 4 is 67.3 Å². The van der Waals surface area contributed by atoms with Gasteiger partial charge in [0.25, 0.3) is 10.1 Å². The lowest BCUT2D eigenvalue weighted by molar-refractivity contribution is 0.0696. The van der Waals surface area contributed by atoms with Crippen molar-refractivity contribution in [2.75, 3.05) is 13.2 Å². The number of hydrogen-bond acceptors (Lipinski definition) is 5. The summed E-state index contributed by atoms with van der Waals surface area (Å²) in [5, 5.41) is 9.03. The quantitative estimate of drug-likeness (QED) is 0.280. The fourth-order valence-corrected chi connectivity index (χ4v) is 4.92. The highest BCUT2D eigenvalue weighted by Crippen LogP contribution is 2.29. The maximum atomic E-state index is 12.1. The van der Waals surface area contributed by atoms with Crippen molar-refractivity contribution in [3.63, 3.8) is 0 Å². The van der Waals surface area contributed by atoms with E-state index in [0.717, 1.165) is 5.56 Å². The Morgan fingerprint density at radius 2 is 1.69 bits per heavy atom. The first-order chi connectivity index (χ1) is 12.2. The van der Waals surface area contributed by atoms with Crippen molar-refractivity contribution in [1.82, 2.24) is 0 Å². The SMILES string of the molecule is C=Cc1ccc(S(=O)(=O)OCCOc2c(I)cc(C(=O)O)cc2I)cc1. The Morgan fingerprint density at radius 3 is 2.19 bits per heavy atom. The summed E-state index contributed by atoms with van der Waals surface area (Å²) >= 11 is 3.94. The Kier molecular flexibility index (Phi) is 7.43. The van der Waals surface area contributed by atoms with Gasteiger partial charge in [-0.2, -0.15) is 8.42 Å². The molecule has 6 nitrogen and oxygen atoms in total. The van der Waals surface area contributed by atoms with E-state index in [9.17, 15) is 13.2 Å². The highest BCUT2D eigenvalue weighted by molar-refractivity contribution is 14.1. The van der Waals surface area contributed by atoms with Crippen LogP contribution in [0.2, 0.25) is 0 Å². The van der Waals surface area contributed by atoms with Crippen LogP contribution >= 0.6 is 45.2 Å². The van der Waals surface area contributed by atoms with Gasteiger partial charge in [-0.25, -0.2) is 4.79 Å². The van der Waals surface area contributed by atoms with Crippen LogP contribution in [0.4, 0.5) is 0 Å². The Bertz CT molecular complexity index is 900. The van der Waals surface area contributed by atoms with Crippen LogP contribution in [0.15, 0.2) is 47.9 Å². The van der Waals surface area contributed by atoms with Gasteiger partial charge < -0.3 is 9.84 Å². The molecule has 0 unspecified atom stereocenters. The summed E-state index contributed by atoms with van der Waals surface area (Å²) in [6, 6.07) is 9.13. The molecule has 0 fully saturated rings. The summed E-state index contributed by atoms with van der Waals surface area (Å²) in [6.45, 7) is 3.44. The molecule has 0 bridgehead atoms. The number of halogens is 2. The number of hydrogen-bond donors (Lipinski definition) is 1. The zero-order valence-electron chi connectivity index (χ0n) is 13.3. The van der Waals surface area contributed by atoms with Gasteiger partial charge in [0, 0.05) is 0 Å². The van der Waals surface area contributed by atoms with Crippen LogP contribution in [0.25, 0.3) is 6.08 Å². The molecule has 26 heavy (non-hydrogen) atoms. The summed E-state index contributed by atoms with van der Waals surface area (Å²) in [7, 11) is -3.87. The molecule has 0 amide bonds. The van der Waals surface area contributed by atoms with Crippen LogP contribution in [-0.2, 0) is 14.3 Å². The van der Waals surface area contributed by atoms with Crippen molar-refractivity contribution < 1.29 is 27.2 Å². The van der Waals surface area contributed by atoms with Crippen LogP contribution in [0.1, 0.15) is 15.9 Å². The average molecular weight is 600 g/mol. The molecule has 0 saturated carbocycles. The van der Waals surface area contributed by atoms with Crippen LogP contribution in [0.3, 0.4) is 0 Å². The fourth-order valence-electron chi connectivity index (χ4n) is 1.95. The summed E-state index contributed by atoms with van der Waals surface area (Å²) < 4.78 is 36.0. The summed E-state index contributed by atoms with van der Waals surface area (Å²) in [4.78, 5) is 11.1. The van der Waals surface area contributed by atoms with Crippen LogP contribution in [0, 0.1) is 7.14 Å². The molecule has 9 heteroatoms. The lowest BCUT2D eigenvalue weighted by Crippen LogP contribution is -2.14. The second-order valence-corrected chi connectivity index (χ2v) is 8.91. The van der Waals surface area contributed by atoms with Gasteiger partial charge in [0.1, 0.15) is 19.0 Å². The monoisotopic (exact) mass is 600 g/mol. The molecule has 0 heterocycles. The zero-order valence-corrected chi connectivity index (χ0v) is 18.4. The topological polar surface area (TPSA) is 89.9 Å². The van der Waals surface area contributed by atoms with E-state index in [2.05, 4.69) is 6.58 Å². The van der Waals surface area contributed by atoms with Gasteiger partial charge in [0.05, 0.1) is 17.6 Å². The van der Waals surface area contributed by atoms with E-state index in [1.165, 1.54) is 24.3 Å². The summed E-state index contributed by atoms with van der Waals surface area (Å²) in [5.41, 5.74) is 0.967. The van der Waals surface area contributed by atoms with Gasteiger partial charge in [-0.1, -0.05) is 24.8 Å². The van der Waals surface area contributed by atoms with Gasteiger partial charge >= 0.3 is 5.97 Å². The van der Waals surface area contributed by atoms with Crippen molar-refractivity contribution in [1.29, 1.82) is 0 Å². The molecule has 0 aliphatic rings. The third-order valence-electron chi connectivity index (χ3n) is 3.22. The largest absolute Gasteiger partial charge is 0.489 e. The number of ether oxygens (including phenoxy) is 1. The minimum Gasteiger partial charge on any atom is -0.489 e. The van der Waals surface area contributed by atoms with Crippen LogP contribution in [-0.4, -0.2) is 32.7 Å². The fraction of sp³-hybridized carbons (Fsp3) is 0.118. The zero-order chi connectivity index (χ0) is 19.3. The smallest absolute Gasteiger partial charge is 0.335 e. The molecule has 2 aromatic rings. The molecule has 0 aliphatic carbocycles. The maximum Gasteiger partial charge on any atom is 0.335 e. The third-order valence-corrected chi connectivity index (χ3v) is 6.15. The van der Waals surface area contributed by atoms with Gasteiger partial charge in [-0.15, -0.1) is 0 Å². The molecule has 2 aromatic carbocycles. The summed E-state index contributed by atoms with van der Waals surface area (Å²) in [5.74, 6) is -0.531. The van der Waals surface area contributed by atoms with E-state index in [0.29, 0.717) is 12.9 Å². The molecule has 0 radical (unpaired) electrons. The molecule has 138 valence electrons. The highest BCUT2D eigenvalue weighted by atomic mass is 127. The Hall–Kier alpha value is -1.18. The van der Waals surface area contributed by atoms with Crippen LogP contribution in [0.5, 0.6) is 5.75 Å². The predicted octanol–water partition coefficient (Wildman–Crippen LogP) is 4.02. The first-order valence-corrected chi connectivity index (χ1v) is 10.8. The van der Waals surface area contributed by atoms with Crippen molar-refractivity contribution in [3.05, 3.63) is 61.2 Å². The normalized spacial score (nSPS) is 11.2. The number of aromatic carboxylic acids is 1. The Morgan fingerprint density at radius 1 is 1.12 bits per heavy atom. The molecule has 0 spiro atoms. The number of benzene rings is 2. The van der Waals surface area contributed by atoms with E-state index in [-0.39, 0.29) is 23.7 Å².